The van der Waals surface area contributed by atoms with Crippen LogP contribution in [0.1, 0.15) is 5.56 Å². The summed E-state index contributed by atoms with van der Waals surface area (Å²) < 4.78 is 41.8. The van der Waals surface area contributed by atoms with E-state index in [0.717, 1.165) is 33.4 Å². The van der Waals surface area contributed by atoms with Gasteiger partial charge in [-0.3, -0.25) is 9.10 Å². The number of carbonyl (C=O) groups is 1. The van der Waals surface area contributed by atoms with Crippen LogP contribution >= 0.6 is 11.8 Å². The monoisotopic (exact) mass is 479 g/mol. The summed E-state index contributed by atoms with van der Waals surface area (Å²) in [5.41, 5.74) is 3.33. The Morgan fingerprint density at radius 3 is 2.41 bits per heavy atom. The standard InChI is InChI=1S/C21H25N3O6S2/c1-28-17-8-9-19(20(10-17)29-2)24(32(3,26)27)12-21(25)23-22-11-15-4-6-16(7-5-15)30-18-13-31-14-18/h4-11,18H,12-14H2,1-3H3,(H,23,25)/b22-11-. The van der Waals surface area contributed by atoms with Gasteiger partial charge < -0.3 is 14.2 Å². The van der Waals surface area contributed by atoms with E-state index in [1.165, 1.54) is 26.5 Å². The molecule has 1 amide bonds. The van der Waals surface area contributed by atoms with Crippen LogP contribution in [0.25, 0.3) is 0 Å². The van der Waals surface area contributed by atoms with E-state index in [0.29, 0.717) is 5.75 Å². The Morgan fingerprint density at radius 2 is 1.84 bits per heavy atom. The molecule has 0 spiro atoms. The van der Waals surface area contributed by atoms with Crippen molar-refractivity contribution in [2.45, 2.75) is 6.10 Å². The van der Waals surface area contributed by atoms with Crippen molar-refractivity contribution in [1.29, 1.82) is 0 Å². The number of rotatable bonds is 10. The number of hydrogen-bond acceptors (Lipinski definition) is 8. The van der Waals surface area contributed by atoms with Gasteiger partial charge in [0.25, 0.3) is 5.91 Å². The number of nitrogens with zero attached hydrogens (tertiary/aromatic N) is 2. The van der Waals surface area contributed by atoms with E-state index in [2.05, 4.69) is 10.5 Å². The lowest BCUT2D eigenvalue weighted by Gasteiger charge is -2.25. The highest BCUT2D eigenvalue weighted by molar-refractivity contribution is 8.00. The molecule has 0 saturated carbocycles. The Morgan fingerprint density at radius 1 is 1.16 bits per heavy atom. The molecule has 0 radical (unpaired) electrons. The minimum absolute atomic E-state index is 0.218. The highest BCUT2D eigenvalue weighted by atomic mass is 32.2. The summed E-state index contributed by atoms with van der Waals surface area (Å²) in [5, 5.41) is 3.92. The fourth-order valence-electron chi connectivity index (χ4n) is 2.82. The van der Waals surface area contributed by atoms with Crippen LogP contribution < -0.4 is 23.9 Å². The van der Waals surface area contributed by atoms with Gasteiger partial charge in [-0.2, -0.15) is 16.9 Å². The Bertz CT molecular complexity index is 1070. The Kier molecular flexibility index (Phi) is 7.86. The lowest BCUT2D eigenvalue weighted by atomic mass is 10.2. The van der Waals surface area contributed by atoms with Crippen molar-refractivity contribution in [3.63, 3.8) is 0 Å². The maximum absolute atomic E-state index is 12.4. The zero-order chi connectivity index (χ0) is 23.1. The van der Waals surface area contributed by atoms with Crippen molar-refractivity contribution in [2.24, 2.45) is 5.10 Å². The van der Waals surface area contributed by atoms with Gasteiger partial charge in [-0.25, -0.2) is 13.8 Å². The van der Waals surface area contributed by atoms with Crippen molar-refractivity contribution < 1.29 is 27.4 Å². The van der Waals surface area contributed by atoms with Crippen molar-refractivity contribution in [1.82, 2.24) is 5.43 Å². The average Bonchev–Trinajstić information content (AvgIpc) is 2.74. The van der Waals surface area contributed by atoms with Crippen molar-refractivity contribution in [3.05, 3.63) is 48.0 Å². The van der Waals surface area contributed by atoms with Crippen LogP contribution in [0.2, 0.25) is 0 Å². The van der Waals surface area contributed by atoms with Gasteiger partial charge in [-0.15, -0.1) is 0 Å². The van der Waals surface area contributed by atoms with Gasteiger partial charge in [-0.1, -0.05) is 0 Å². The number of anilines is 1. The number of ether oxygens (including phenoxy) is 3. The fourth-order valence-corrected chi connectivity index (χ4v) is 4.25. The van der Waals surface area contributed by atoms with Crippen molar-refractivity contribution >= 4 is 39.6 Å². The molecule has 9 nitrogen and oxygen atoms in total. The number of methoxy groups -OCH3 is 2. The third-order valence-electron chi connectivity index (χ3n) is 4.54. The van der Waals surface area contributed by atoms with E-state index in [-0.39, 0.29) is 17.5 Å². The maximum atomic E-state index is 12.4. The number of nitrogens with one attached hydrogen (secondary N) is 1. The predicted molar refractivity (Wildman–Crippen MR) is 126 cm³/mol. The number of benzene rings is 2. The highest BCUT2D eigenvalue weighted by Crippen LogP contribution is 2.33. The van der Waals surface area contributed by atoms with Crippen LogP contribution in [0.4, 0.5) is 5.69 Å². The molecule has 1 fully saturated rings. The summed E-state index contributed by atoms with van der Waals surface area (Å²) in [7, 11) is -0.875. The van der Waals surface area contributed by atoms with Crippen LogP contribution in [0.15, 0.2) is 47.6 Å². The van der Waals surface area contributed by atoms with Crippen LogP contribution in [-0.2, 0) is 14.8 Å². The van der Waals surface area contributed by atoms with E-state index < -0.39 is 22.5 Å². The summed E-state index contributed by atoms with van der Waals surface area (Å²) in [5.74, 6) is 2.94. The molecule has 1 aliphatic rings. The Hall–Kier alpha value is -2.92. The van der Waals surface area contributed by atoms with Crippen molar-refractivity contribution in [3.8, 4) is 17.2 Å². The first-order chi connectivity index (χ1) is 15.3. The molecule has 0 unspecified atom stereocenters. The number of thioether (sulfide) groups is 1. The van der Waals surface area contributed by atoms with E-state index in [1.54, 1.807) is 12.1 Å². The fraction of sp³-hybridized carbons (Fsp3) is 0.333. The van der Waals surface area contributed by atoms with Crippen LogP contribution in [0, 0.1) is 0 Å². The molecule has 11 heteroatoms. The van der Waals surface area contributed by atoms with Gasteiger partial charge in [0.15, 0.2) is 0 Å². The summed E-state index contributed by atoms with van der Waals surface area (Å²) in [4.78, 5) is 12.4. The molecule has 2 aromatic carbocycles. The first-order valence-corrected chi connectivity index (χ1v) is 12.7. The molecule has 0 aromatic heterocycles. The minimum Gasteiger partial charge on any atom is -0.497 e. The quantitative estimate of drug-likeness (QED) is 0.411. The highest BCUT2D eigenvalue weighted by Gasteiger charge is 2.24. The molecular weight excluding hydrogens is 454 g/mol. The molecule has 1 aliphatic heterocycles. The zero-order valence-corrected chi connectivity index (χ0v) is 19.6. The molecule has 0 atom stereocenters. The second-order valence-corrected chi connectivity index (χ2v) is 9.93. The van der Waals surface area contributed by atoms with Crippen LogP contribution in [0.5, 0.6) is 17.2 Å². The van der Waals surface area contributed by atoms with Crippen molar-refractivity contribution in [2.75, 3.05) is 42.8 Å². The maximum Gasteiger partial charge on any atom is 0.260 e. The van der Waals surface area contributed by atoms with Crippen LogP contribution in [-0.4, -0.2) is 65.2 Å². The topological polar surface area (TPSA) is 107 Å². The van der Waals surface area contributed by atoms with E-state index in [9.17, 15) is 13.2 Å². The molecule has 0 aliphatic carbocycles. The third-order valence-corrected chi connectivity index (χ3v) is 6.88. The molecule has 32 heavy (non-hydrogen) atoms. The second kappa shape index (κ2) is 10.6. The Labute approximate surface area is 191 Å². The normalized spacial score (nSPS) is 14.0. The SMILES string of the molecule is COc1ccc(N(CC(=O)N/N=C\c2ccc(OC3CSC3)cc2)S(C)(=O)=O)c(OC)c1. The van der Waals surface area contributed by atoms with E-state index >= 15 is 0 Å². The van der Waals surface area contributed by atoms with E-state index in [1.807, 2.05) is 36.0 Å². The summed E-state index contributed by atoms with van der Waals surface area (Å²) >= 11 is 1.85. The summed E-state index contributed by atoms with van der Waals surface area (Å²) in [6.07, 6.45) is 2.75. The second-order valence-electron chi connectivity index (χ2n) is 6.95. The van der Waals surface area contributed by atoms with Gasteiger partial charge in [0.2, 0.25) is 10.0 Å². The van der Waals surface area contributed by atoms with Gasteiger partial charge in [0, 0.05) is 17.6 Å². The molecule has 1 N–H and O–H groups in total. The number of amides is 1. The van der Waals surface area contributed by atoms with Gasteiger partial charge in [-0.05, 0) is 42.0 Å². The van der Waals surface area contributed by atoms with Crippen LogP contribution in [0.3, 0.4) is 0 Å². The Balaban J connectivity index is 1.63. The molecule has 3 rings (SSSR count). The molecule has 0 bridgehead atoms. The first-order valence-electron chi connectivity index (χ1n) is 9.66. The molecule has 1 saturated heterocycles. The summed E-state index contributed by atoms with van der Waals surface area (Å²) in [6, 6.07) is 12.0. The molecule has 1 heterocycles. The first kappa shape index (κ1) is 23.7. The predicted octanol–water partition coefficient (Wildman–Crippen LogP) is 2.11. The number of hydrogen-bond donors (Lipinski definition) is 1. The molecule has 172 valence electrons. The third kappa shape index (κ3) is 6.30. The average molecular weight is 480 g/mol. The number of hydrazone groups is 1. The zero-order valence-electron chi connectivity index (χ0n) is 18.0. The lowest BCUT2D eigenvalue weighted by Crippen LogP contribution is -2.39. The molecular formula is C21H25N3O6S2. The number of carbonyl (C=O) groups excluding carboxylic acids is 1. The molecule has 2 aromatic rings. The summed E-state index contributed by atoms with van der Waals surface area (Å²) in [6.45, 7) is -0.467. The van der Waals surface area contributed by atoms with Gasteiger partial charge >= 0.3 is 0 Å². The van der Waals surface area contributed by atoms with Gasteiger partial charge in [0.1, 0.15) is 29.9 Å². The van der Waals surface area contributed by atoms with Gasteiger partial charge in [0.05, 0.1) is 32.4 Å². The smallest absolute Gasteiger partial charge is 0.260 e. The minimum atomic E-state index is -3.77. The lowest BCUT2D eigenvalue weighted by molar-refractivity contribution is -0.119. The number of sulfonamides is 1. The largest absolute Gasteiger partial charge is 0.497 e. The van der Waals surface area contributed by atoms with E-state index in [4.69, 9.17) is 14.2 Å².